The maximum atomic E-state index is 8.57. The van der Waals surface area contributed by atoms with Gasteiger partial charge in [0.05, 0.1) is 13.2 Å². The third-order valence-corrected chi connectivity index (χ3v) is 2.49. The highest BCUT2D eigenvalue weighted by Crippen LogP contribution is 2.27. The number of hydrogen-bond acceptors (Lipinski definition) is 5. The minimum absolute atomic E-state index is 0.0347. The SMILES string of the molecule is N/C(=N/O)c1ccnc(OC2COC2)c1Cl. The number of rotatable bonds is 3. The molecule has 0 aromatic carbocycles. The summed E-state index contributed by atoms with van der Waals surface area (Å²) in [6, 6.07) is 1.54. The summed E-state index contributed by atoms with van der Waals surface area (Å²) in [5.74, 6) is 0.182. The summed E-state index contributed by atoms with van der Waals surface area (Å²) in [6.07, 6.45) is 1.45. The summed E-state index contributed by atoms with van der Waals surface area (Å²) in [4.78, 5) is 3.98. The van der Waals surface area contributed by atoms with E-state index in [4.69, 9.17) is 32.0 Å². The van der Waals surface area contributed by atoms with Crippen LogP contribution in [0.15, 0.2) is 17.4 Å². The van der Waals surface area contributed by atoms with Crippen molar-refractivity contribution in [3.05, 3.63) is 22.8 Å². The predicted octanol–water partition coefficient (Wildman–Crippen LogP) is 0.607. The standard InChI is InChI=1S/C9H10ClN3O3/c10-7-6(8(11)13-14)1-2-12-9(7)16-5-3-15-4-5/h1-2,5,14H,3-4H2,(H2,11,13). The molecule has 0 unspecified atom stereocenters. The van der Waals surface area contributed by atoms with E-state index in [1.807, 2.05) is 0 Å². The molecular weight excluding hydrogens is 234 g/mol. The van der Waals surface area contributed by atoms with Crippen molar-refractivity contribution < 1.29 is 14.7 Å². The van der Waals surface area contributed by atoms with Gasteiger partial charge in [-0.3, -0.25) is 0 Å². The Morgan fingerprint density at radius 1 is 1.69 bits per heavy atom. The zero-order valence-corrected chi connectivity index (χ0v) is 9.02. The van der Waals surface area contributed by atoms with Crippen LogP contribution in [-0.2, 0) is 4.74 Å². The van der Waals surface area contributed by atoms with Crippen molar-refractivity contribution in [2.45, 2.75) is 6.10 Å². The van der Waals surface area contributed by atoms with Gasteiger partial charge in [0.2, 0.25) is 5.88 Å². The lowest BCUT2D eigenvalue weighted by molar-refractivity contribution is -0.0812. The minimum atomic E-state index is -0.0814. The molecule has 86 valence electrons. The maximum Gasteiger partial charge on any atom is 0.233 e. The molecule has 6 nitrogen and oxygen atoms in total. The summed E-state index contributed by atoms with van der Waals surface area (Å²) in [7, 11) is 0. The Morgan fingerprint density at radius 2 is 2.44 bits per heavy atom. The van der Waals surface area contributed by atoms with Crippen LogP contribution in [0.3, 0.4) is 0 Å². The van der Waals surface area contributed by atoms with Gasteiger partial charge in [0.25, 0.3) is 0 Å². The van der Waals surface area contributed by atoms with Gasteiger partial charge in [-0.1, -0.05) is 16.8 Å². The van der Waals surface area contributed by atoms with Gasteiger partial charge in [-0.25, -0.2) is 4.98 Å². The van der Waals surface area contributed by atoms with Crippen LogP contribution in [0.25, 0.3) is 0 Å². The van der Waals surface area contributed by atoms with Crippen molar-refractivity contribution in [2.75, 3.05) is 13.2 Å². The highest BCUT2D eigenvalue weighted by molar-refractivity contribution is 6.35. The normalized spacial score (nSPS) is 16.9. The highest BCUT2D eigenvalue weighted by atomic mass is 35.5. The molecule has 1 aliphatic rings. The molecule has 1 fully saturated rings. The fraction of sp³-hybridized carbons (Fsp3) is 0.333. The number of ether oxygens (including phenoxy) is 2. The Bertz CT molecular complexity index is 420. The fourth-order valence-corrected chi connectivity index (χ4v) is 1.45. The van der Waals surface area contributed by atoms with Gasteiger partial charge >= 0.3 is 0 Å². The number of oxime groups is 1. The van der Waals surface area contributed by atoms with Gasteiger partial charge in [0.15, 0.2) is 5.84 Å². The molecule has 0 spiro atoms. The second kappa shape index (κ2) is 4.54. The summed E-state index contributed by atoms with van der Waals surface area (Å²) >= 11 is 6.01. The second-order valence-corrected chi connectivity index (χ2v) is 3.62. The van der Waals surface area contributed by atoms with Crippen LogP contribution in [0.4, 0.5) is 0 Å². The second-order valence-electron chi connectivity index (χ2n) is 3.24. The molecule has 0 radical (unpaired) electrons. The first-order valence-corrected chi connectivity index (χ1v) is 4.97. The molecule has 1 saturated heterocycles. The van der Waals surface area contributed by atoms with Gasteiger partial charge in [0.1, 0.15) is 11.1 Å². The van der Waals surface area contributed by atoms with Crippen LogP contribution < -0.4 is 10.5 Å². The first-order valence-electron chi connectivity index (χ1n) is 4.59. The molecule has 0 aliphatic carbocycles. The van der Waals surface area contributed by atoms with E-state index in [0.717, 1.165) is 0 Å². The van der Waals surface area contributed by atoms with Crippen LogP contribution in [-0.4, -0.2) is 35.3 Å². The molecular formula is C9H10ClN3O3. The number of nitrogens with two attached hydrogens (primary N) is 1. The van der Waals surface area contributed by atoms with E-state index in [1.165, 1.54) is 6.20 Å². The minimum Gasteiger partial charge on any atom is -0.468 e. The zero-order chi connectivity index (χ0) is 11.5. The van der Waals surface area contributed by atoms with Crippen LogP contribution in [0.1, 0.15) is 5.56 Å². The van der Waals surface area contributed by atoms with E-state index in [-0.39, 0.29) is 22.8 Å². The van der Waals surface area contributed by atoms with Crippen LogP contribution in [0.2, 0.25) is 5.02 Å². The maximum absolute atomic E-state index is 8.57. The van der Waals surface area contributed by atoms with Crippen molar-refractivity contribution in [1.82, 2.24) is 4.98 Å². The number of amidine groups is 1. The number of nitrogens with zero attached hydrogens (tertiary/aromatic N) is 2. The third-order valence-electron chi connectivity index (χ3n) is 2.13. The molecule has 0 amide bonds. The average Bonchev–Trinajstić information content (AvgIpc) is 2.24. The first-order chi connectivity index (χ1) is 7.72. The monoisotopic (exact) mass is 243 g/mol. The quantitative estimate of drug-likeness (QED) is 0.351. The molecule has 0 saturated carbocycles. The summed E-state index contributed by atoms with van der Waals surface area (Å²) in [5.41, 5.74) is 5.83. The molecule has 2 rings (SSSR count). The summed E-state index contributed by atoms with van der Waals surface area (Å²) in [5, 5.41) is 11.7. The molecule has 16 heavy (non-hydrogen) atoms. The van der Waals surface area contributed by atoms with Crippen LogP contribution in [0.5, 0.6) is 5.88 Å². The lowest BCUT2D eigenvalue weighted by atomic mass is 10.2. The molecule has 1 aromatic rings. The average molecular weight is 244 g/mol. The molecule has 2 heterocycles. The number of aromatic nitrogens is 1. The van der Waals surface area contributed by atoms with Crippen LogP contribution in [0, 0.1) is 0 Å². The Balaban J connectivity index is 2.24. The van der Waals surface area contributed by atoms with Crippen LogP contribution >= 0.6 is 11.6 Å². The van der Waals surface area contributed by atoms with E-state index in [9.17, 15) is 0 Å². The molecule has 7 heteroatoms. The van der Waals surface area contributed by atoms with Crippen molar-refractivity contribution in [1.29, 1.82) is 0 Å². The largest absolute Gasteiger partial charge is 0.468 e. The van der Waals surface area contributed by atoms with Gasteiger partial charge in [-0.2, -0.15) is 0 Å². The Kier molecular flexibility index (Phi) is 3.12. The molecule has 1 aromatic heterocycles. The van der Waals surface area contributed by atoms with Crippen molar-refractivity contribution in [2.24, 2.45) is 10.9 Å². The van der Waals surface area contributed by atoms with E-state index in [2.05, 4.69) is 10.1 Å². The Labute approximate surface area is 96.6 Å². The molecule has 3 N–H and O–H groups in total. The molecule has 1 aliphatic heterocycles. The third kappa shape index (κ3) is 2.02. The van der Waals surface area contributed by atoms with E-state index >= 15 is 0 Å². The number of halogens is 1. The smallest absolute Gasteiger partial charge is 0.233 e. The zero-order valence-electron chi connectivity index (χ0n) is 8.26. The summed E-state index contributed by atoms with van der Waals surface area (Å²) in [6.45, 7) is 1.04. The fourth-order valence-electron chi connectivity index (χ4n) is 1.20. The van der Waals surface area contributed by atoms with Crippen molar-refractivity contribution >= 4 is 17.4 Å². The Hall–Kier alpha value is -1.53. The first kappa shape index (κ1) is 11.0. The lowest BCUT2D eigenvalue weighted by Crippen LogP contribution is -2.38. The van der Waals surface area contributed by atoms with Crippen molar-refractivity contribution in [3.63, 3.8) is 0 Å². The Morgan fingerprint density at radius 3 is 3.00 bits per heavy atom. The van der Waals surface area contributed by atoms with E-state index in [1.54, 1.807) is 6.07 Å². The number of pyridine rings is 1. The van der Waals surface area contributed by atoms with Gasteiger partial charge in [-0.05, 0) is 6.07 Å². The highest BCUT2D eigenvalue weighted by Gasteiger charge is 2.23. The number of hydrogen-bond donors (Lipinski definition) is 2. The summed E-state index contributed by atoms with van der Waals surface area (Å²) < 4.78 is 10.4. The predicted molar refractivity (Wildman–Crippen MR) is 57.0 cm³/mol. The molecule has 0 bridgehead atoms. The topological polar surface area (TPSA) is 90.0 Å². The lowest BCUT2D eigenvalue weighted by Gasteiger charge is -2.26. The molecule has 0 atom stereocenters. The van der Waals surface area contributed by atoms with Crippen molar-refractivity contribution in [3.8, 4) is 5.88 Å². The van der Waals surface area contributed by atoms with E-state index < -0.39 is 0 Å². The van der Waals surface area contributed by atoms with Gasteiger partial charge < -0.3 is 20.4 Å². The van der Waals surface area contributed by atoms with E-state index in [0.29, 0.717) is 18.8 Å². The van der Waals surface area contributed by atoms with Gasteiger partial charge in [-0.15, -0.1) is 0 Å². The van der Waals surface area contributed by atoms with Gasteiger partial charge in [0, 0.05) is 11.8 Å².